The van der Waals surface area contributed by atoms with E-state index in [-0.39, 0.29) is 18.1 Å². The number of alkyl halides is 3. The second-order valence-corrected chi connectivity index (χ2v) is 6.52. The highest BCUT2D eigenvalue weighted by Crippen LogP contribution is 2.31. The largest absolute Gasteiger partial charge is 0.416 e. The van der Waals surface area contributed by atoms with Gasteiger partial charge in [-0.25, -0.2) is 9.37 Å². The molecule has 0 radical (unpaired) electrons. The van der Waals surface area contributed by atoms with Crippen LogP contribution in [0.2, 0.25) is 0 Å². The van der Waals surface area contributed by atoms with Gasteiger partial charge in [0.25, 0.3) is 5.91 Å². The lowest BCUT2D eigenvalue weighted by atomic mass is 10.1. The van der Waals surface area contributed by atoms with Crippen molar-refractivity contribution in [2.45, 2.75) is 19.7 Å². The molecule has 2 aromatic carbocycles. The number of nitrogens with zero attached hydrogens (tertiary/aromatic N) is 1. The van der Waals surface area contributed by atoms with Crippen molar-refractivity contribution >= 4 is 23.1 Å². The van der Waals surface area contributed by atoms with Gasteiger partial charge in [0.05, 0.1) is 17.9 Å². The van der Waals surface area contributed by atoms with E-state index in [0.29, 0.717) is 29.4 Å². The van der Waals surface area contributed by atoms with Crippen LogP contribution in [-0.4, -0.2) is 16.0 Å². The quantitative estimate of drug-likeness (QED) is 0.507. The smallest absolute Gasteiger partial charge is 0.392 e. The number of nitrogens with one attached hydrogen (secondary N) is 2. The first-order valence-corrected chi connectivity index (χ1v) is 8.79. The minimum Gasteiger partial charge on any atom is -0.392 e. The lowest BCUT2D eigenvalue weighted by molar-refractivity contribution is -0.137. The topological polar surface area (TPSA) is 74.2 Å². The van der Waals surface area contributed by atoms with Gasteiger partial charge in [-0.2, -0.15) is 13.2 Å². The molecule has 0 aliphatic rings. The molecule has 3 aromatic rings. The molecular formula is C21H17F4N3O2. The van der Waals surface area contributed by atoms with Gasteiger partial charge in [0, 0.05) is 17.4 Å². The molecule has 0 saturated heterocycles. The van der Waals surface area contributed by atoms with E-state index < -0.39 is 29.0 Å². The van der Waals surface area contributed by atoms with Gasteiger partial charge in [0.2, 0.25) is 0 Å². The predicted octanol–water partition coefficient (Wildman–Crippen LogP) is 5.04. The van der Waals surface area contributed by atoms with Gasteiger partial charge >= 0.3 is 6.18 Å². The lowest BCUT2D eigenvalue weighted by Crippen LogP contribution is -2.16. The van der Waals surface area contributed by atoms with Crippen LogP contribution in [0.1, 0.15) is 27.0 Å². The number of carbonyl (C=O) groups excluding carboxylic acids is 1. The molecule has 0 fully saturated rings. The molecular weight excluding hydrogens is 402 g/mol. The van der Waals surface area contributed by atoms with Gasteiger partial charge in [-0.15, -0.1) is 0 Å². The molecule has 1 heterocycles. The van der Waals surface area contributed by atoms with E-state index >= 15 is 0 Å². The van der Waals surface area contributed by atoms with Gasteiger partial charge in [-0.05, 0) is 48.4 Å². The van der Waals surface area contributed by atoms with Crippen molar-refractivity contribution in [3.63, 3.8) is 0 Å². The van der Waals surface area contributed by atoms with Crippen LogP contribution in [0.4, 0.5) is 34.8 Å². The van der Waals surface area contributed by atoms with E-state index in [1.54, 1.807) is 12.1 Å². The molecule has 3 rings (SSSR count). The van der Waals surface area contributed by atoms with E-state index in [1.807, 2.05) is 19.1 Å². The van der Waals surface area contributed by atoms with Crippen molar-refractivity contribution in [2.24, 2.45) is 0 Å². The average Bonchev–Trinajstić information content (AvgIpc) is 2.69. The number of aliphatic hydroxyl groups excluding tert-OH is 1. The summed E-state index contributed by atoms with van der Waals surface area (Å²) in [4.78, 5) is 16.7. The lowest BCUT2D eigenvalue weighted by Gasteiger charge is -2.15. The van der Waals surface area contributed by atoms with Crippen LogP contribution in [0.25, 0.3) is 0 Å². The molecule has 1 aromatic heterocycles. The Morgan fingerprint density at radius 3 is 2.50 bits per heavy atom. The summed E-state index contributed by atoms with van der Waals surface area (Å²) in [5.74, 6) is -1.93. The van der Waals surface area contributed by atoms with Crippen LogP contribution in [-0.2, 0) is 12.8 Å². The van der Waals surface area contributed by atoms with Crippen LogP contribution in [0.5, 0.6) is 0 Å². The third-order valence-electron chi connectivity index (χ3n) is 4.26. The number of benzene rings is 2. The number of hydrogen-bond acceptors (Lipinski definition) is 4. The molecule has 3 N–H and O–H groups in total. The number of carbonyl (C=O) groups is 1. The Balaban J connectivity index is 1.95. The standard InChI is InChI=1S/C21H17F4N3O2/c1-12-4-2-3-5-17(12)27-19-18(6-13(11-29)10-26-19)28-20(30)14-7-15(21(23,24)25)9-16(22)8-14/h2-10,29H,11H2,1H3,(H,26,27)(H,28,30). The van der Waals surface area contributed by atoms with E-state index in [0.717, 1.165) is 5.56 Å². The van der Waals surface area contributed by atoms with Crippen molar-refractivity contribution in [1.82, 2.24) is 4.98 Å². The number of aromatic nitrogens is 1. The Kier molecular flexibility index (Phi) is 6.02. The van der Waals surface area contributed by atoms with Crippen LogP contribution in [0.3, 0.4) is 0 Å². The highest BCUT2D eigenvalue weighted by atomic mass is 19.4. The molecule has 0 bridgehead atoms. The van der Waals surface area contributed by atoms with Gasteiger partial charge in [0.1, 0.15) is 5.82 Å². The first-order valence-electron chi connectivity index (χ1n) is 8.79. The average molecular weight is 419 g/mol. The minimum absolute atomic E-state index is 0.118. The number of hydrogen-bond donors (Lipinski definition) is 3. The van der Waals surface area contributed by atoms with Crippen molar-refractivity contribution in [3.05, 3.63) is 82.8 Å². The van der Waals surface area contributed by atoms with Crippen molar-refractivity contribution in [1.29, 1.82) is 0 Å². The summed E-state index contributed by atoms with van der Waals surface area (Å²) in [7, 11) is 0. The molecule has 0 aliphatic heterocycles. The van der Waals surface area contributed by atoms with E-state index in [2.05, 4.69) is 15.6 Å². The highest BCUT2D eigenvalue weighted by molar-refractivity contribution is 6.06. The first kappa shape index (κ1) is 21.3. The van der Waals surface area contributed by atoms with Crippen LogP contribution >= 0.6 is 0 Å². The Hall–Kier alpha value is -3.46. The number of pyridine rings is 1. The molecule has 0 saturated carbocycles. The summed E-state index contributed by atoms with van der Waals surface area (Å²) < 4.78 is 52.5. The van der Waals surface area contributed by atoms with Crippen LogP contribution in [0, 0.1) is 12.7 Å². The second kappa shape index (κ2) is 8.50. The number of para-hydroxylation sites is 1. The number of aliphatic hydroxyl groups is 1. The first-order chi connectivity index (χ1) is 14.2. The Bertz CT molecular complexity index is 1080. The van der Waals surface area contributed by atoms with Crippen molar-refractivity contribution < 1.29 is 27.5 Å². The van der Waals surface area contributed by atoms with Crippen molar-refractivity contribution in [3.8, 4) is 0 Å². The zero-order valence-corrected chi connectivity index (χ0v) is 15.7. The number of halogens is 4. The van der Waals surface area contributed by atoms with Crippen LogP contribution in [0.15, 0.2) is 54.7 Å². The zero-order valence-electron chi connectivity index (χ0n) is 15.7. The molecule has 156 valence electrons. The maximum atomic E-state index is 13.6. The maximum Gasteiger partial charge on any atom is 0.416 e. The molecule has 5 nitrogen and oxygen atoms in total. The molecule has 9 heteroatoms. The Morgan fingerprint density at radius 1 is 1.10 bits per heavy atom. The summed E-state index contributed by atoms with van der Waals surface area (Å²) in [5.41, 5.74) is 0.306. The summed E-state index contributed by atoms with van der Waals surface area (Å²) >= 11 is 0. The van der Waals surface area contributed by atoms with Gasteiger partial charge in [-0.1, -0.05) is 18.2 Å². The van der Waals surface area contributed by atoms with Crippen molar-refractivity contribution in [2.75, 3.05) is 10.6 Å². The van der Waals surface area contributed by atoms with Gasteiger partial charge in [0.15, 0.2) is 5.82 Å². The highest BCUT2D eigenvalue weighted by Gasteiger charge is 2.32. The molecule has 0 atom stereocenters. The fourth-order valence-electron chi connectivity index (χ4n) is 2.71. The summed E-state index contributed by atoms with van der Waals surface area (Å²) in [6.07, 6.45) is -3.41. The van der Waals surface area contributed by atoms with Gasteiger partial charge < -0.3 is 15.7 Å². The Morgan fingerprint density at radius 2 is 1.83 bits per heavy atom. The monoisotopic (exact) mass is 419 g/mol. The molecule has 0 aliphatic carbocycles. The minimum atomic E-state index is -4.80. The summed E-state index contributed by atoms with van der Waals surface area (Å²) in [5, 5.41) is 14.8. The predicted molar refractivity (Wildman–Crippen MR) is 104 cm³/mol. The Labute approximate surface area is 169 Å². The summed E-state index contributed by atoms with van der Waals surface area (Å²) in [6, 6.07) is 10.3. The summed E-state index contributed by atoms with van der Waals surface area (Å²) in [6.45, 7) is 1.49. The second-order valence-electron chi connectivity index (χ2n) is 6.52. The normalized spacial score (nSPS) is 11.3. The number of aryl methyl sites for hydroxylation is 1. The number of rotatable bonds is 5. The van der Waals surface area contributed by atoms with E-state index in [4.69, 9.17) is 0 Å². The van der Waals surface area contributed by atoms with E-state index in [1.165, 1.54) is 12.3 Å². The fraction of sp³-hybridized carbons (Fsp3) is 0.143. The van der Waals surface area contributed by atoms with Crippen LogP contribution < -0.4 is 10.6 Å². The molecule has 0 spiro atoms. The fourth-order valence-corrected chi connectivity index (χ4v) is 2.71. The van der Waals surface area contributed by atoms with E-state index in [9.17, 15) is 27.5 Å². The third-order valence-corrected chi connectivity index (χ3v) is 4.26. The van der Waals surface area contributed by atoms with Gasteiger partial charge in [-0.3, -0.25) is 4.79 Å². The molecule has 30 heavy (non-hydrogen) atoms. The SMILES string of the molecule is Cc1ccccc1Nc1ncc(CO)cc1NC(=O)c1cc(F)cc(C(F)(F)F)c1. The molecule has 0 unspecified atom stereocenters. The third kappa shape index (κ3) is 4.93. The zero-order chi connectivity index (χ0) is 21.9. The number of anilines is 3. The molecule has 1 amide bonds. The number of amides is 1. The maximum absolute atomic E-state index is 13.6.